The molecule has 0 saturated heterocycles. The number of likely N-dealkylation sites (N-methyl/N-ethyl adjacent to an activating group) is 1. The van der Waals surface area contributed by atoms with Gasteiger partial charge in [0.25, 0.3) is 0 Å². The lowest BCUT2D eigenvalue weighted by atomic mass is 10.2. The summed E-state index contributed by atoms with van der Waals surface area (Å²) in [7, 11) is 6.03. The molecule has 27 heavy (non-hydrogen) atoms. The second-order valence-electron chi connectivity index (χ2n) is 6.70. The Kier molecular flexibility index (Phi) is 4.84. The molecule has 0 spiro atoms. The van der Waals surface area contributed by atoms with Gasteiger partial charge in [0.05, 0.1) is 5.52 Å². The highest BCUT2D eigenvalue weighted by atomic mass is 32.2. The number of fused-ring (bicyclic) bond motifs is 2. The maximum atomic E-state index is 5.55. The number of hydrogen-bond donors (Lipinski definition) is 1. The van der Waals surface area contributed by atoms with Crippen LogP contribution >= 0.6 is 11.8 Å². The van der Waals surface area contributed by atoms with Gasteiger partial charge in [-0.3, -0.25) is 0 Å². The van der Waals surface area contributed by atoms with Gasteiger partial charge in [-0.25, -0.2) is 9.97 Å². The first-order valence-corrected chi connectivity index (χ1v) is 9.64. The van der Waals surface area contributed by atoms with Gasteiger partial charge in [-0.05, 0) is 44.8 Å². The van der Waals surface area contributed by atoms with Crippen LogP contribution in [0.15, 0.2) is 34.4 Å². The zero-order chi connectivity index (χ0) is 19.0. The van der Waals surface area contributed by atoms with Crippen molar-refractivity contribution in [2.75, 3.05) is 39.8 Å². The van der Waals surface area contributed by atoms with Crippen molar-refractivity contribution in [3.8, 4) is 11.5 Å². The molecule has 0 saturated carbocycles. The quantitative estimate of drug-likeness (QED) is 0.699. The van der Waals surface area contributed by atoms with E-state index in [1.807, 2.05) is 31.4 Å². The third-order valence-corrected chi connectivity index (χ3v) is 5.67. The van der Waals surface area contributed by atoms with Crippen LogP contribution in [-0.2, 0) is 6.54 Å². The van der Waals surface area contributed by atoms with Crippen LogP contribution < -0.4 is 14.8 Å². The number of nitrogens with zero attached hydrogens (tertiary/aromatic N) is 4. The summed E-state index contributed by atoms with van der Waals surface area (Å²) in [4.78, 5) is 12.6. The number of ether oxygens (including phenoxy) is 2. The number of imidazole rings is 1. The van der Waals surface area contributed by atoms with E-state index in [1.54, 1.807) is 11.8 Å². The van der Waals surface area contributed by atoms with E-state index in [-0.39, 0.29) is 6.79 Å². The standard InChI is InChI=1S/C19H23N5O2S/c1-12-9-14-15(26-11-25-14)10-16(12)27-19-22-17-13(5-6-21-18(17)20-2)24(19)8-7-23(3)4/h5-6,9-10H,7-8,11H2,1-4H3,(H,20,21). The van der Waals surface area contributed by atoms with Crippen LogP contribution in [-0.4, -0.2) is 53.9 Å². The minimum atomic E-state index is 0.279. The molecule has 1 aliphatic heterocycles. The van der Waals surface area contributed by atoms with Crippen molar-refractivity contribution in [3.05, 3.63) is 30.0 Å². The lowest BCUT2D eigenvalue weighted by Gasteiger charge is -2.14. The highest BCUT2D eigenvalue weighted by Gasteiger charge is 2.20. The summed E-state index contributed by atoms with van der Waals surface area (Å²) < 4.78 is 13.3. The number of pyridine rings is 1. The average Bonchev–Trinajstić information content (AvgIpc) is 3.23. The fraction of sp³-hybridized carbons (Fsp3) is 0.368. The smallest absolute Gasteiger partial charge is 0.231 e. The Morgan fingerprint density at radius 3 is 2.78 bits per heavy atom. The average molecular weight is 385 g/mol. The summed E-state index contributed by atoms with van der Waals surface area (Å²) in [5.41, 5.74) is 3.11. The number of rotatable bonds is 6. The summed E-state index contributed by atoms with van der Waals surface area (Å²) in [5.74, 6) is 2.39. The number of anilines is 1. The molecule has 0 atom stereocenters. The van der Waals surface area contributed by atoms with Crippen LogP contribution in [0.4, 0.5) is 5.82 Å². The normalized spacial score (nSPS) is 12.9. The lowest BCUT2D eigenvalue weighted by Crippen LogP contribution is -2.18. The van der Waals surface area contributed by atoms with Gasteiger partial charge in [-0.15, -0.1) is 0 Å². The number of nitrogens with one attached hydrogen (secondary N) is 1. The van der Waals surface area contributed by atoms with Crippen LogP contribution in [0.2, 0.25) is 0 Å². The molecule has 1 aromatic carbocycles. The van der Waals surface area contributed by atoms with E-state index in [2.05, 4.69) is 40.8 Å². The van der Waals surface area contributed by atoms with Crippen molar-refractivity contribution in [3.63, 3.8) is 0 Å². The monoisotopic (exact) mass is 385 g/mol. The molecule has 0 unspecified atom stereocenters. The molecule has 0 fully saturated rings. The SMILES string of the molecule is CNc1nccc2c1nc(Sc1cc3c(cc1C)OCO3)n2CCN(C)C. The lowest BCUT2D eigenvalue weighted by molar-refractivity contribution is 0.174. The number of benzene rings is 1. The minimum absolute atomic E-state index is 0.279. The molecule has 0 amide bonds. The first kappa shape index (κ1) is 17.9. The van der Waals surface area contributed by atoms with E-state index in [1.165, 1.54) is 0 Å². The van der Waals surface area contributed by atoms with Gasteiger partial charge < -0.3 is 24.3 Å². The second kappa shape index (κ2) is 7.28. The maximum absolute atomic E-state index is 5.55. The molecule has 2 aromatic heterocycles. The van der Waals surface area contributed by atoms with Gasteiger partial charge in [-0.2, -0.15) is 0 Å². The largest absolute Gasteiger partial charge is 0.454 e. The predicted octanol–water partition coefficient (Wildman–Crippen LogP) is 3.22. The van der Waals surface area contributed by atoms with Crippen LogP contribution in [0.1, 0.15) is 5.56 Å². The summed E-state index contributed by atoms with van der Waals surface area (Å²) in [6, 6.07) is 6.09. The Morgan fingerprint density at radius 2 is 2.04 bits per heavy atom. The van der Waals surface area contributed by atoms with Crippen molar-refractivity contribution < 1.29 is 9.47 Å². The van der Waals surface area contributed by atoms with Crippen LogP contribution in [0.25, 0.3) is 11.0 Å². The molecule has 7 nitrogen and oxygen atoms in total. The second-order valence-corrected chi connectivity index (χ2v) is 7.71. The molecule has 3 heterocycles. The van der Waals surface area contributed by atoms with Gasteiger partial charge in [0.15, 0.2) is 22.5 Å². The molecule has 1 aliphatic rings. The van der Waals surface area contributed by atoms with E-state index in [0.29, 0.717) is 0 Å². The Hall–Kier alpha value is -2.45. The molecule has 3 aromatic rings. The summed E-state index contributed by atoms with van der Waals surface area (Å²) in [6.45, 7) is 4.14. The number of aryl methyl sites for hydroxylation is 1. The molecule has 142 valence electrons. The Bertz CT molecular complexity index is 986. The van der Waals surface area contributed by atoms with Gasteiger partial charge in [0, 0.05) is 31.2 Å². The van der Waals surface area contributed by atoms with Gasteiger partial charge in [0.1, 0.15) is 5.52 Å². The van der Waals surface area contributed by atoms with Crippen molar-refractivity contribution in [1.82, 2.24) is 19.4 Å². The van der Waals surface area contributed by atoms with Crippen molar-refractivity contribution in [2.45, 2.75) is 23.5 Å². The zero-order valence-electron chi connectivity index (χ0n) is 15.9. The third kappa shape index (κ3) is 3.42. The van der Waals surface area contributed by atoms with E-state index >= 15 is 0 Å². The Balaban J connectivity index is 1.77. The van der Waals surface area contributed by atoms with Gasteiger partial charge in [-0.1, -0.05) is 11.8 Å². The molecule has 0 bridgehead atoms. The van der Waals surface area contributed by atoms with E-state index in [9.17, 15) is 0 Å². The number of hydrogen-bond acceptors (Lipinski definition) is 7. The fourth-order valence-electron chi connectivity index (χ4n) is 3.04. The van der Waals surface area contributed by atoms with Crippen molar-refractivity contribution in [1.29, 1.82) is 0 Å². The summed E-state index contributed by atoms with van der Waals surface area (Å²) in [6.07, 6.45) is 1.82. The molecular formula is C19H23N5O2S. The van der Waals surface area contributed by atoms with E-state index in [4.69, 9.17) is 14.5 Å². The molecular weight excluding hydrogens is 362 g/mol. The van der Waals surface area contributed by atoms with Crippen molar-refractivity contribution in [2.24, 2.45) is 0 Å². The molecule has 4 rings (SSSR count). The minimum Gasteiger partial charge on any atom is -0.454 e. The summed E-state index contributed by atoms with van der Waals surface area (Å²) >= 11 is 1.65. The van der Waals surface area contributed by atoms with Crippen LogP contribution in [0.5, 0.6) is 11.5 Å². The highest BCUT2D eigenvalue weighted by Crippen LogP contribution is 2.41. The number of aromatic nitrogens is 3. The first-order chi connectivity index (χ1) is 13.1. The fourth-order valence-corrected chi connectivity index (χ4v) is 4.06. The third-order valence-electron chi connectivity index (χ3n) is 4.51. The predicted molar refractivity (Wildman–Crippen MR) is 107 cm³/mol. The first-order valence-electron chi connectivity index (χ1n) is 8.82. The molecule has 8 heteroatoms. The Morgan fingerprint density at radius 1 is 1.26 bits per heavy atom. The topological polar surface area (TPSA) is 64.4 Å². The van der Waals surface area contributed by atoms with E-state index < -0.39 is 0 Å². The highest BCUT2D eigenvalue weighted by molar-refractivity contribution is 7.99. The van der Waals surface area contributed by atoms with Crippen LogP contribution in [0, 0.1) is 6.92 Å². The molecule has 0 radical (unpaired) electrons. The van der Waals surface area contributed by atoms with Crippen LogP contribution in [0.3, 0.4) is 0 Å². The van der Waals surface area contributed by atoms with Gasteiger partial charge >= 0.3 is 0 Å². The molecule has 0 aliphatic carbocycles. The zero-order valence-corrected chi connectivity index (χ0v) is 16.8. The van der Waals surface area contributed by atoms with Gasteiger partial charge in [0.2, 0.25) is 6.79 Å². The van der Waals surface area contributed by atoms with Crippen molar-refractivity contribution >= 4 is 28.6 Å². The maximum Gasteiger partial charge on any atom is 0.231 e. The Labute approximate surface area is 162 Å². The summed E-state index contributed by atoms with van der Waals surface area (Å²) in [5, 5.41) is 4.08. The van der Waals surface area contributed by atoms with E-state index in [0.717, 1.165) is 57.1 Å². The molecule has 1 N–H and O–H groups in total.